The molecule has 0 saturated heterocycles. The summed E-state index contributed by atoms with van der Waals surface area (Å²) in [6.45, 7) is 0. The zero-order valence-corrected chi connectivity index (χ0v) is 18.5. The van der Waals surface area contributed by atoms with Gasteiger partial charge in [0.15, 0.2) is 10.7 Å². The summed E-state index contributed by atoms with van der Waals surface area (Å²) >= 11 is 8.01. The number of anilines is 1. The first-order chi connectivity index (χ1) is 14.0. The van der Waals surface area contributed by atoms with Crippen LogP contribution in [0.4, 0.5) is 5.69 Å². The summed E-state index contributed by atoms with van der Waals surface area (Å²) in [4.78, 5) is 16.8. The van der Waals surface area contributed by atoms with Gasteiger partial charge in [0.05, 0.1) is 16.9 Å². The van der Waals surface area contributed by atoms with Crippen LogP contribution < -0.4 is 11.1 Å². The molecule has 2 aromatic carbocycles. The van der Waals surface area contributed by atoms with Crippen molar-refractivity contribution in [3.8, 4) is 17.3 Å². The van der Waals surface area contributed by atoms with Crippen LogP contribution in [0.1, 0.15) is 5.01 Å². The fourth-order valence-electron chi connectivity index (χ4n) is 2.54. The van der Waals surface area contributed by atoms with Gasteiger partial charge in [-0.25, -0.2) is 9.78 Å². The lowest BCUT2D eigenvalue weighted by atomic mass is 10.1. The molecule has 9 heteroatoms. The molecule has 0 saturated carbocycles. The topological polar surface area (TPSA) is 91.3 Å². The van der Waals surface area contributed by atoms with Gasteiger partial charge in [0.25, 0.3) is 0 Å². The van der Waals surface area contributed by atoms with Gasteiger partial charge < -0.3 is 4.42 Å². The van der Waals surface area contributed by atoms with E-state index in [0.717, 1.165) is 20.0 Å². The van der Waals surface area contributed by atoms with Crippen LogP contribution in [0.5, 0.6) is 0 Å². The maximum Gasteiger partial charge on any atom is 0.345 e. The summed E-state index contributed by atoms with van der Waals surface area (Å²) in [5.74, 6) is 0. The highest BCUT2D eigenvalue weighted by Gasteiger charge is 2.15. The fraction of sp³-hybridized carbons (Fsp3) is 0. The molecule has 0 amide bonds. The minimum Gasteiger partial charge on any atom is -0.422 e. The van der Waals surface area contributed by atoms with Crippen LogP contribution in [0.2, 0.25) is 0 Å². The fourth-order valence-corrected chi connectivity index (χ4v) is 3.94. The highest BCUT2D eigenvalue weighted by molar-refractivity contribution is 9.10. The maximum atomic E-state index is 12.4. The molecule has 0 unspecified atom stereocenters. The standard InChI is InChI=1S/C20H10Br2N4O2S/c21-12-1-4-14(5-2-12)25-26-16(9-23)19-24-17(10-29-19)15-8-11-7-13(22)3-6-18(11)28-20(15)27/h1-8,10,25H/b26-16+. The number of rotatable bonds is 4. The van der Waals surface area contributed by atoms with Crippen LogP contribution in [-0.2, 0) is 0 Å². The molecule has 0 aliphatic heterocycles. The molecule has 0 fully saturated rings. The number of halogens is 2. The molecule has 0 spiro atoms. The van der Waals surface area contributed by atoms with E-state index in [-0.39, 0.29) is 5.71 Å². The van der Waals surface area contributed by atoms with Gasteiger partial charge in [0.2, 0.25) is 0 Å². The van der Waals surface area contributed by atoms with Crippen LogP contribution in [-0.4, -0.2) is 10.7 Å². The molecule has 0 bridgehead atoms. The Morgan fingerprint density at radius 1 is 1.14 bits per heavy atom. The zero-order chi connectivity index (χ0) is 20.4. The van der Waals surface area contributed by atoms with E-state index in [1.165, 1.54) is 11.3 Å². The molecule has 6 nitrogen and oxygen atoms in total. The molecule has 29 heavy (non-hydrogen) atoms. The Labute approximate surface area is 185 Å². The number of aromatic nitrogens is 1. The molecule has 2 heterocycles. The van der Waals surface area contributed by atoms with Crippen LogP contribution in [0.15, 0.2) is 77.2 Å². The quantitative estimate of drug-likeness (QED) is 0.205. The average Bonchev–Trinajstić information content (AvgIpc) is 3.19. The molecule has 4 rings (SSSR count). The Morgan fingerprint density at radius 3 is 2.66 bits per heavy atom. The van der Waals surface area contributed by atoms with E-state index in [2.05, 4.69) is 47.4 Å². The van der Waals surface area contributed by atoms with Crippen molar-refractivity contribution in [3.05, 3.63) is 78.3 Å². The molecule has 0 aliphatic carbocycles. The Bertz CT molecular complexity index is 1340. The lowest BCUT2D eigenvalue weighted by molar-refractivity contribution is 0.563. The summed E-state index contributed by atoms with van der Waals surface area (Å²) in [6.07, 6.45) is 0. The van der Waals surface area contributed by atoms with E-state index in [9.17, 15) is 10.1 Å². The molecule has 0 radical (unpaired) electrons. The van der Waals surface area contributed by atoms with Crippen molar-refractivity contribution in [2.24, 2.45) is 5.10 Å². The predicted molar refractivity (Wildman–Crippen MR) is 121 cm³/mol. The third-order valence-corrected chi connectivity index (χ3v) is 5.79. The van der Waals surface area contributed by atoms with Crippen LogP contribution >= 0.6 is 43.2 Å². The Kier molecular flexibility index (Phi) is 5.58. The monoisotopic (exact) mass is 528 g/mol. The van der Waals surface area contributed by atoms with E-state index in [0.29, 0.717) is 21.8 Å². The first-order valence-corrected chi connectivity index (χ1v) is 10.7. The van der Waals surface area contributed by atoms with Crippen molar-refractivity contribution in [2.45, 2.75) is 0 Å². The number of hydrogen-bond acceptors (Lipinski definition) is 7. The number of fused-ring (bicyclic) bond motifs is 1. The predicted octanol–water partition coefficient (Wildman–Crippen LogP) is 5.78. The normalized spacial score (nSPS) is 11.4. The van der Waals surface area contributed by atoms with Crippen molar-refractivity contribution in [1.82, 2.24) is 4.98 Å². The molecule has 0 aliphatic rings. The molecule has 0 atom stereocenters. The smallest absolute Gasteiger partial charge is 0.345 e. The SMILES string of the molecule is N#C/C(=N\Nc1ccc(Br)cc1)c1nc(-c2cc3cc(Br)ccc3oc2=O)cs1. The summed E-state index contributed by atoms with van der Waals surface area (Å²) in [5, 5.41) is 16.5. The van der Waals surface area contributed by atoms with E-state index >= 15 is 0 Å². The first-order valence-electron chi connectivity index (χ1n) is 8.22. The molecular weight excluding hydrogens is 520 g/mol. The lowest BCUT2D eigenvalue weighted by Gasteiger charge is -2.01. The number of thiazole rings is 1. The third-order valence-electron chi connectivity index (χ3n) is 3.92. The van der Waals surface area contributed by atoms with Crippen molar-refractivity contribution >= 4 is 65.6 Å². The number of nitriles is 1. The summed E-state index contributed by atoms with van der Waals surface area (Å²) < 4.78 is 7.21. The highest BCUT2D eigenvalue weighted by Crippen LogP contribution is 2.25. The Balaban J connectivity index is 1.66. The Morgan fingerprint density at radius 2 is 1.90 bits per heavy atom. The second kappa shape index (κ2) is 8.29. The minimum atomic E-state index is -0.486. The van der Waals surface area contributed by atoms with Crippen LogP contribution in [0.25, 0.3) is 22.2 Å². The van der Waals surface area contributed by atoms with Crippen molar-refractivity contribution in [1.29, 1.82) is 5.26 Å². The van der Waals surface area contributed by atoms with Gasteiger partial charge in [-0.1, -0.05) is 31.9 Å². The van der Waals surface area contributed by atoms with E-state index < -0.39 is 5.63 Å². The second-order valence-corrected chi connectivity index (χ2v) is 8.55. The summed E-state index contributed by atoms with van der Waals surface area (Å²) in [6, 6.07) is 16.5. The molecule has 1 N–H and O–H groups in total. The largest absolute Gasteiger partial charge is 0.422 e. The lowest BCUT2D eigenvalue weighted by Crippen LogP contribution is -2.04. The molecular formula is C20H10Br2N4O2S. The van der Waals surface area contributed by atoms with Gasteiger partial charge in [-0.2, -0.15) is 10.4 Å². The number of hydrazone groups is 1. The number of nitrogens with one attached hydrogen (secondary N) is 1. The van der Waals surface area contributed by atoms with E-state index in [1.54, 1.807) is 23.6 Å². The molecule has 4 aromatic rings. The summed E-state index contributed by atoms with van der Waals surface area (Å²) in [5.41, 5.74) is 4.47. The molecule has 142 valence electrons. The van der Waals surface area contributed by atoms with Crippen molar-refractivity contribution in [2.75, 3.05) is 5.43 Å². The van der Waals surface area contributed by atoms with Crippen molar-refractivity contribution in [3.63, 3.8) is 0 Å². The van der Waals surface area contributed by atoms with Gasteiger partial charge in [-0.15, -0.1) is 11.3 Å². The van der Waals surface area contributed by atoms with Gasteiger partial charge in [0, 0.05) is 19.7 Å². The average molecular weight is 530 g/mol. The van der Waals surface area contributed by atoms with Gasteiger partial charge >= 0.3 is 5.63 Å². The van der Waals surface area contributed by atoms with Crippen LogP contribution in [0, 0.1) is 11.3 Å². The zero-order valence-electron chi connectivity index (χ0n) is 14.5. The minimum absolute atomic E-state index is 0.122. The third kappa shape index (κ3) is 4.29. The van der Waals surface area contributed by atoms with E-state index in [4.69, 9.17) is 4.42 Å². The highest BCUT2D eigenvalue weighted by atomic mass is 79.9. The molecule has 2 aromatic heterocycles. The first kappa shape index (κ1) is 19.5. The van der Waals surface area contributed by atoms with Gasteiger partial charge in [0.1, 0.15) is 11.7 Å². The van der Waals surface area contributed by atoms with Crippen molar-refractivity contribution < 1.29 is 4.42 Å². The van der Waals surface area contributed by atoms with Crippen LogP contribution in [0.3, 0.4) is 0 Å². The van der Waals surface area contributed by atoms with Gasteiger partial charge in [-0.05, 0) is 48.5 Å². The van der Waals surface area contributed by atoms with Gasteiger partial charge in [-0.3, -0.25) is 5.43 Å². The Hall–Kier alpha value is -2.80. The number of hydrogen-bond donors (Lipinski definition) is 1. The number of nitrogens with zero attached hydrogens (tertiary/aromatic N) is 3. The van der Waals surface area contributed by atoms with E-state index in [1.807, 2.05) is 36.4 Å². The second-order valence-electron chi connectivity index (χ2n) is 5.86. The number of benzene rings is 2. The maximum absolute atomic E-state index is 12.4. The summed E-state index contributed by atoms with van der Waals surface area (Å²) in [7, 11) is 0.